The van der Waals surface area contributed by atoms with Crippen LogP contribution in [0.5, 0.6) is 0 Å². The van der Waals surface area contributed by atoms with Gasteiger partial charge in [0.1, 0.15) is 5.76 Å². The molecule has 4 heteroatoms. The number of rotatable bonds is 6. The van der Waals surface area contributed by atoms with Crippen LogP contribution in [0.3, 0.4) is 0 Å². The van der Waals surface area contributed by atoms with E-state index in [1.807, 2.05) is 6.07 Å². The first-order chi connectivity index (χ1) is 10.3. The monoisotopic (exact) mass is 293 g/mol. The largest absolute Gasteiger partial charge is 0.469 e. The van der Waals surface area contributed by atoms with Gasteiger partial charge in [-0.05, 0) is 43.9 Å². The van der Waals surface area contributed by atoms with E-state index in [4.69, 9.17) is 13.9 Å². The zero-order chi connectivity index (χ0) is 14.5. The summed E-state index contributed by atoms with van der Waals surface area (Å²) in [6.45, 7) is 5.71. The van der Waals surface area contributed by atoms with Gasteiger partial charge in [0.2, 0.25) is 0 Å². The van der Waals surface area contributed by atoms with Crippen LogP contribution < -0.4 is 5.32 Å². The molecule has 3 rings (SSSR count). The predicted molar refractivity (Wildman–Crippen MR) is 81.3 cm³/mol. The fourth-order valence-corrected chi connectivity index (χ4v) is 3.79. The van der Waals surface area contributed by atoms with E-state index in [9.17, 15) is 0 Å². The summed E-state index contributed by atoms with van der Waals surface area (Å²) in [6.07, 6.45) is 7.23. The van der Waals surface area contributed by atoms with Crippen LogP contribution in [-0.2, 0) is 15.9 Å². The number of furan rings is 1. The van der Waals surface area contributed by atoms with E-state index in [0.29, 0.717) is 12.0 Å². The zero-order valence-corrected chi connectivity index (χ0v) is 13.0. The first-order valence-electron chi connectivity index (χ1n) is 8.29. The highest BCUT2D eigenvalue weighted by Crippen LogP contribution is 2.37. The van der Waals surface area contributed by atoms with Crippen molar-refractivity contribution in [1.82, 2.24) is 5.32 Å². The van der Waals surface area contributed by atoms with Crippen molar-refractivity contribution in [2.24, 2.45) is 5.92 Å². The molecule has 0 saturated carbocycles. The maximum atomic E-state index is 6.06. The molecule has 1 aromatic rings. The molecule has 0 amide bonds. The van der Waals surface area contributed by atoms with Crippen LogP contribution in [0, 0.1) is 5.92 Å². The molecule has 4 nitrogen and oxygen atoms in total. The van der Waals surface area contributed by atoms with Gasteiger partial charge in [-0.1, -0.05) is 6.92 Å². The molecule has 2 aliphatic heterocycles. The Morgan fingerprint density at radius 3 is 3.10 bits per heavy atom. The molecule has 2 fully saturated rings. The highest BCUT2D eigenvalue weighted by Gasteiger charge is 2.42. The lowest BCUT2D eigenvalue weighted by atomic mass is 9.79. The minimum Gasteiger partial charge on any atom is -0.469 e. The maximum Gasteiger partial charge on any atom is 0.103 e. The number of nitrogens with one attached hydrogen (secondary N) is 1. The van der Waals surface area contributed by atoms with E-state index in [0.717, 1.165) is 64.2 Å². The number of hydrogen-bond acceptors (Lipinski definition) is 4. The summed E-state index contributed by atoms with van der Waals surface area (Å²) in [5.41, 5.74) is 0.00126. The van der Waals surface area contributed by atoms with Gasteiger partial charge < -0.3 is 19.2 Å². The Labute approximate surface area is 127 Å². The molecule has 3 heterocycles. The second-order valence-electron chi connectivity index (χ2n) is 6.37. The predicted octanol–water partition coefficient (Wildman–Crippen LogP) is 2.78. The molecule has 1 spiro atoms. The molecule has 3 unspecified atom stereocenters. The molecule has 2 aliphatic rings. The van der Waals surface area contributed by atoms with Gasteiger partial charge in [-0.2, -0.15) is 0 Å². The molecule has 21 heavy (non-hydrogen) atoms. The second-order valence-corrected chi connectivity index (χ2v) is 6.37. The summed E-state index contributed by atoms with van der Waals surface area (Å²) in [7, 11) is 0. The molecule has 0 aliphatic carbocycles. The summed E-state index contributed by atoms with van der Waals surface area (Å²) < 4.78 is 17.1. The van der Waals surface area contributed by atoms with Crippen LogP contribution in [0.2, 0.25) is 0 Å². The summed E-state index contributed by atoms with van der Waals surface area (Å²) >= 11 is 0. The molecule has 1 N–H and O–H groups in total. The lowest BCUT2D eigenvalue weighted by Crippen LogP contribution is -2.47. The first kappa shape index (κ1) is 15.1. The standard InChI is InChI=1S/C17H27NO3/c1-2-18-16(6-5-15-4-3-9-20-15)14-7-10-21-17(12-14)8-11-19-13-17/h3-4,9,14,16,18H,2,5-8,10-13H2,1H3. The van der Waals surface area contributed by atoms with Crippen molar-refractivity contribution in [3.63, 3.8) is 0 Å². The second kappa shape index (κ2) is 6.95. The smallest absolute Gasteiger partial charge is 0.103 e. The van der Waals surface area contributed by atoms with Gasteiger partial charge in [0.05, 0.1) is 18.5 Å². The molecule has 1 aromatic heterocycles. The third-order valence-corrected chi connectivity index (χ3v) is 4.92. The van der Waals surface area contributed by atoms with Crippen LogP contribution in [-0.4, -0.2) is 38.0 Å². The fourth-order valence-electron chi connectivity index (χ4n) is 3.79. The van der Waals surface area contributed by atoms with Crippen molar-refractivity contribution in [2.45, 2.75) is 50.7 Å². The van der Waals surface area contributed by atoms with Gasteiger partial charge >= 0.3 is 0 Å². The van der Waals surface area contributed by atoms with Crippen LogP contribution in [0.25, 0.3) is 0 Å². The quantitative estimate of drug-likeness (QED) is 0.876. The third-order valence-electron chi connectivity index (χ3n) is 4.92. The Morgan fingerprint density at radius 1 is 1.43 bits per heavy atom. The number of ether oxygens (including phenoxy) is 2. The Morgan fingerprint density at radius 2 is 2.38 bits per heavy atom. The highest BCUT2D eigenvalue weighted by molar-refractivity contribution is 5.00. The zero-order valence-electron chi connectivity index (χ0n) is 13.0. The highest BCUT2D eigenvalue weighted by atomic mass is 16.6. The molecule has 0 bridgehead atoms. The molecular formula is C17H27NO3. The van der Waals surface area contributed by atoms with Crippen molar-refractivity contribution in [3.8, 4) is 0 Å². The minimum atomic E-state index is 0.00126. The Balaban J connectivity index is 1.59. The van der Waals surface area contributed by atoms with Crippen molar-refractivity contribution in [2.75, 3.05) is 26.4 Å². The third kappa shape index (κ3) is 3.68. The average molecular weight is 293 g/mol. The lowest BCUT2D eigenvalue weighted by molar-refractivity contribution is -0.103. The van der Waals surface area contributed by atoms with Crippen LogP contribution in [0.15, 0.2) is 22.8 Å². The fraction of sp³-hybridized carbons (Fsp3) is 0.765. The van der Waals surface area contributed by atoms with Gasteiger partial charge in [-0.3, -0.25) is 0 Å². The van der Waals surface area contributed by atoms with Crippen LogP contribution in [0.1, 0.15) is 38.4 Å². The number of aryl methyl sites for hydroxylation is 1. The van der Waals surface area contributed by atoms with Crippen molar-refractivity contribution in [1.29, 1.82) is 0 Å². The molecule has 3 atom stereocenters. The van der Waals surface area contributed by atoms with Gasteiger partial charge in [0.15, 0.2) is 0 Å². The van der Waals surface area contributed by atoms with Crippen molar-refractivity contribution < 1.29 is 13.9 Å². The maximum absolute atomic E-state index is 6.06. The van der Waals surface area contributed by atoms with E-state index in [2.05, 4.69) is 18.3 Å². The first-order valence-corrected chi connectivity index (χ1v) is 8.29. The molecule has 118 valence electrons. The van der Waals surface area contributed by atoms with Gasteiger partial charge in [0.25, 0.3) is 0 Å². The van der Waals surface area contributed by atoms with Crippen molar-refractivity contribution in [3.05, 3.63) is 24.2 Å². The van der Waals surface area contributed by atoms with E-state index in [-0.39, 0.29) is 5.60 Å². The lowest BCUT2D eigenvalue weighted by Gasteiger charge is -2.40. The molecule has 2 saturated heterocycles. The van der Waals surface area contributed by atoms with Crippen LogP contribution >= 0.6 is 0 Å². The van der Waals surface area contributed by atoms with E-state index in [1.165, 1.54) is 0 Å². The molecular weight excluding hydrogens is 266 g/mol. The van der Waals surface area contributed by atoms with E-state index >= 15 is 0 Å². The van der Waals surface area contributed by atoms with Gasteiger partial charge in [-0.15, -0.1) is 0 Å². The summed E-state index contributed by atoms with van der Waals surface area (Å²) in [4.78, 5) is 0. The van der Waals surface area contributed by atoms with Crippen LogP contribution in [0.4, 0.5) is 0 Å². The Hall–Kier alpha value is -0.840. The van der Waals surface area contributed by atoms with Crippen molar-refractivity contribution >= 4 is 0 Å². The SMILES string of the molecule is CCNC(CCc1ccco1)C1CCOC2(CCOC2)C1. The summed E-state index contributed by atoms with van der Waals surface area (Å²) in [5.74, 6) is 1.76. The van der Waals surface area contributed by atoms with E-state index in [1.54, 1.807) is 6.26 Å². The summed E-state index contributed by atoms with van der Waals surface area (Å²) in [6, 6.07) is 4.58. The number of hydrogen-bond donors (Lipinski definition) is 1. The van der Waals surface area contributed by atoms with Gasteiger partial charge in [-0.25, -0.2) is 0 Å². The van der Waals surface area contributed by atoms with E-state index < -0.39 is 0 Å². The van der Waals surface area contributed by atoms with Gasteiger partial charge in [0, 0.05) is 32.1 Å². The molecule has 0 radical (unpaired) electrons. The Bertz CT molecular complexity index is 412. The topological polar surface area (TPSA) is 43.6 Å². The summed E-state index contributed by atoms with van der Waals surface area (Å²) in [5, 5.41) is 3.68. The molecule has 0 aromatic carbocycles. The Kier molecular flexibility index (Phi) is 4.99. The average Bonchev–Trinajstić information content (AvgIpc) is 3.16. The minimum absolute atomic E-state index is 0.00126. The normalized spacial score (nSPS) is 30.8.